The first-order chi connectivity index (χ1) is 9.20. The van der Waals surface area contributed by atoms with Gasteiger partial charge < -0.3 is 10.7 Å². The van der Waals surface area contributed by atoms with Gasteiger partial charge in [-0.25, -0.2) is 10.8 Å². The molecule has 2 aromatic rings. The summed E-state index contributed by atoms with van der Waals surface area (Å²) in [6.07, 6.45) is 0. The van der Waals surface area contributed by atoms with Crippen LogP contribution in [0.4, 0.5) is 5.82 Å². The van der Waals surface area contributed by atoms with Gasteiger partial charge in [0.1, 0.15) is 11.5 Å². The third kappa shape index (κ3) is 3.43. The van der Waals surface area contributed by atoms with E-state index in [4.69, 9.17) is 17.4 Å². The maximum absolute atomic E-state index is 11.9. The molecule has 0 aliphatic heterocycles. The van der Waals surface area contributed by atoms with E-state index in [0.717, 1.165) is 5.56 Å². The lowest BCUT2D eigenvalue weighted by molar-refractivity contribution is 0.0946. The van der Waals surface area contributed by atoms with Gasteiger partial charge in [-0.3, -0.25) is 4.79 Å². The number of aromatic nitrogens is 1. The van der Waals surface area contributed by atoms with E-state index in [-0.39, 0.29) is 5.91 Å². The zero-order valence-electron chi connectivity index (χ0n) is 10.1. The highest BCUT2D eigenvalue weighted by atomic mass is 35.5. The Kier molecular flexibility index (Phi) is 4.33. The molecule has 0 fully saturated rings. The van der Waals surface area contributed by atoms with Gasteiger partial charge in [0.15, 0.2) is 0 Å². The van der Waals surface area contributed by atoms with Crippen molar-refractivity contribution in [2.24, 2.45) is 5.84 Å². The maximum Gasteiger partial charge on any atom is 0.270 e. The van der Waals surface area contributed by atoms with Gasteiger partial charge in [0.25, 0.3) is 5.91 Å². The summed E-state index contributed by atoms with van der Waals surface area (Å²) in [7, 11) is 0. The molecule has 0 atom stereocenters. The van der Waals surface area contributed by atoms with Crippen LogP contribution in [0, 0.1) is 0 Å². The third-order valence-electron chi connectivity index (χ3n) is 2.53. The molecule has 0 radical (unpaired) electrons. The summed E-state index contributed by atoms with van der Waals surface area (Å²) < 4.78 is 0. The Labute approximate surface area is 115 Å². The normalized spacial score (nSPS) is 10.0. The number of nitrogens with zero attached hydrogens (tertiary/aromatic N) is 1. The highest BCUT2D eigenvalue weighted by Gasteiger charge is 2.08. The summed E-state index contributed by atoms with van der Waals surface area (Å²) in [5.74, 6) is 5.40. The van der Waals surface area contributed by atoms with Crippen molar-refractivity contribution in [3.8, 4) is 0 Å². The Hall–Kier alpha value is -2.11. The summed E-state index contributed by atoms with van der Waals surface area (Å²) in [6, 6.07) is 12.3. The molecule has 0 saturated carbocycles. The fourth-order valence-electron chi connectivity index (χ4n) is 1.55. The number of nitrogens with two attached hydrogens (primary N) is 1. The van der Waals surface area contributed by atoms with E-state index in [0.29, 0.717) is 23.1 Å². The van der Waals surface area contributed by atoms with E-state index in [1.54, 1.807) is 24.3 Å². The zero-order chi connectivity index (χ0) is 13.7. The second-order valence-corrected chi connectivity index (χ2v) is 4.23. The molecular weight excluding hydrogens is 264 g/mol. The van der Waals surface area contributed by atoms with E-state index < -0.39 is 0 Å². The first kappa shape index (κ1) is 13.3. The number of halogens is 1. The van der Waals surface area contributed by atoms with E-state index >= 15 is 0 Å². The molecule has 1 aromatic carbocycles. The zero-order valence-corrected chi connectivity index (χ0v) is 10.8. The van der Waals surface area contributed by atoms with E-state index in [2.05, 4.69) is 15.7 Å². The van der Waals surface area contributed by atoms with Crippen LogP contribution in [-0.2, 0) is 6.54 Å². The Bertz CT molecular complexity index is 588. The Morgan fingerprint density at radius 1 is 1.21 bits per heavy atom. The first-order valence-electron chi connectivity index (χ1n) is 5.66. The first-order valence-corrected chi connectivity index (χ1v) is 6.04. The lowest BCUT2D eigenvalue weighted by atomic mass is 10.2. The van der Waals surface area contributed by atoms with Crippen LogP contribution >= 0.6 is 11.6 Å². The molecule has 4 N–H and O–H groups in total. The summed E-state index contributed by atoms with van der Waals surface area (Å²) in [5, 5.41) is 3.37. The van der Waals surface area contributed by atoms with Gasteiger partial charge in [0.2, 0.25) is 0 Å². The lowest BCUT2D eigenvalue weighted by Crippen LogP contribution is -2.24. The summed E-state index contributed by atoms with van der Waals surface area (Å²) >= 11 is 6.01. The predicted octanol–water partition coefficient (Wildman–Crippen LogP) is 1.95. The fourth-order valence-corrected chi connectivity index (χ4v) is 1.75. The van der Waals surface area contributed by atoms with Crippen molar-refractivity contribution in [1.29, 1.82) is 0 Å². The molecule has 5 nitrogen and oxygen atoms in total. The van der Waals surface area contributed by atoms with Crippen molar-refractivity contribution in [2.45, 2.75) is 6.54 Å². The molecule has 0 unspecified atom stereocenters. The highest BCUT2D eigenvalue weighted by molar-refractivity contribution is 6.31. The second kappa shape index (κ2) is 6.17. The van der Waals surface area contributed by atoms with Gasteiger partial charge in [0, 0.05) is 11.6 Å². The minimum atomic E-state index is -0.281. The average molecular weight is 277 g/mol. The van der Waals surface area contributed by atoms with Crippen LogP contribution in [0.3, 0.4) is 0 Å². The SMILES string of the molecule is NNc1cccc(C(=O)NCc2ccccc2Cl)n1. The lowest BCUT2D eigenvalue weighted by Gasteiger charge is -2.07. The minimum absolute atomic E-state index is 0.281. The third-order valence-corrected chi connectivity index (χ3v) is 2.90. The summed E-state index contributed by atoms with van der Waals surface area (Å²) in [6.45, 7) is 0.348. The number of nitrogen functional groups attached to an aromatic ring is 1. The summed E-state index contributed by atoms with van der Waals surface area (Å²) in [5.41, 5.74) is 3.54. The van der Waals surface area contributed by atoms with Crippen LogP contribution in [0.25, 0.3) is 0 Å². The maximum atomic E-state index is 11.9. The number of nitrogens with one attached hydrogen (secondary N) is 2. The van der Waals surface area contributed by atoms with Crippen molar-refractivity contribution < 1.29 is 4.79 Å². The molecule has 19 heavy (non-hydrogen) atoms. The second-order valence-electron chi connectivity index (χ2n) is 3.83. The number of hydrogen-bond acceptors (Lipinski definition) is 4. The Morgan fingerprint density at radius 3 is 2.74 bits per heavy atom. The molecule has 0 aliphatic carbocycles. The molecule has 0 spiro atoms. The van der Waals surface area contributed by atoms with Gasteiger partial charge in [-0.15, -0.1) is 0 Å². The molecule has 1 amide bonds. The van der Waals surface area contributed by atoms with Gasteiger partial charge >= 0.3 is 0 Å². The fraction of sp³-hybridized carbons (Fsp3) is 0.0769. The number of amides is 1. The van der Waals surface area contributed by atoms with Crippen molar-refractivity contribution in [3.05, 3.63) is 58.7 Å². The minimum Gasteiger partial charge on any atom is -0.347 e. The molecule has 0 saturated heterocycles. The molecule has 0 aliphatic rings. The molecular formula is C13H13ClN4O. The molecule has 0 bridgehead atoms. The van der Waals surface area contributed by atoms with Crippen LogP contribution in [0.5, 0.6) is 0 Å². The standard InChI is InChI=1S/C13H13ClN4O/c14-10-5-2-1-4-9(10)8-16-13(19)11-6-3-7-12(17-11)18-15/h1-7H,8,15H2,(H,16,19)(H,17,18). The van der Waals surface area contributed by atoms with Crippen LogP contribution in [-0.4, -0.2) is 10.9 Å². The van der Waals surface area contributed by atoms with E-state index in [1.807, 2.05) is 18.2 Å². The molecule has 98 valence electrons. The van der Waals surface area contributed by atoms with Crippen molar-refractivity contribution in [2.75, 3.05) is 5.43 Å². The predicted molar refractivity (Wildman–Crippen MR) is 74.7 cm³/mol. The smallest absolute Gasteiger partial charge is 0.270 e. The van der Waals surface area contributed by atoms with Gasteiger partial charge in [-0.2, -0.15) is 0 Å². The topological polar surface area (TPSA) is 80.0 Å². The van der Waals surface area contributed by atoms with Crippen LogP contribution in [0.1, 0.15) is 16.1 Å². The number of hydrazine groups is 1. The van der Waals surface area contributed by atoms with Crippen LogP contribution in [0.15, 0.2) is 42.5 Å². The molecule has 2 rings (SSSR count). The van der Waals surface area contributed by atoms with Crippen molar-refractivity contribution >= 4 is 23.3 Å². The van der Waals surface area contributed by atoms with E-state index in [9.17, 15) is 4.79 Å². The van der Waals surface area contributed by atoms with Crippen LogP contribution in [0.2, 0.25) is 5.02 Å². The molecule has 6 heteroatoms. The number of anilines is 1. The van der Waals surface area contributed by atoms with Crippen molar-refractivity contribution in [1.82, 2.24) is 10.3 Å². The quantitative estimate of drug-likeness (QED) is 0.589. The number of benzene rings is 1. The Morgan fingerprint density at radius 2 is 2.00 bits per heavy atom. The number of hydrogen-bond donors (Lipinski definition) is 3. The average Bonchev–Trinajstić information content (AvgIpc) is 2.46. The highest BCUT2D eigenvalue weighted by Crippen LogP contribution is 2.14. The summed E-state index contributed by atoms with van der Waals surface area (Å²) in [4.78, 5) is 16.0. The van der Waals surface area contributed by atoms with E-state index in [1.165, 1.54) is 0 Å². The molecule has 1 aromatic heterocycles. The monoisotopic (exact) mass is 276 g/mol. The van der Waals surface area contributed by atoms with Crippen LogP contribution < -0.4 is 16.6 Å². The number of carbonyl (C=O) groups excluding carboxylic acids is 1. The van der Waals surface area contributed by atoms with Crippen molar-refractivity contribution in [3.63, 3.8) is 0 Å². The number of carbonyl (C=O) groups is 1. The van der Waals surface area contributed by atoms with Gasteiger partial charge in [-0.1, -0.05) is 35.9 Å². The largest absolute Gasteiger partial charge is 0.347 e. The number of pyridine rings is 1. The molecule has 1 heterocycles. The number of rotatable bonds is 4. The Balaban J connectivity index is 2.03. The van der Waals surface area contributed by atoms with Gasteiger partial charge in [0.05, 0.1) is 0 Å². The van der Waals surface area contributed by atoms with Gasteiger partial charge in [-0.05, 0) is 23.8 Å².